The van der Waals surface area contributed by atoms with Crippen LogP contribution in [-0.2, 0) is 0 Å². The fourth-order valence-electron chi connectivity index (χ4n) is 1.33. The van der Waals surface area contributed by atoms with Gasteiger partial charge in [0.15, 0.2) is 16.1 Å². The maximum absolute atomic E-state index is 10.9. The van der Waals surface area contributed by atoms with Gasteiger partial charge in [-0.25, -0.2) is 14.4 Å². The van der Waals surface area contributed by atoms with Gasteiger partial charge in [0.1, 0.15) is 10.6 Å². The molecule has 0 atom stereocenters. The molecule has 10 heteroatoms. The lowest BCUT2D eigenvalue weighted by Gasteiger charge is -2.01. The Morgan fingerprint density at radius 3 is 2.67 bits per heavy atom. The van der Waals surface area contributed by atoms with Crippen molar-refractivity contribution in [3.05, 3.63) is 50.4 Å². The number of nitro benzene ring substituents is 1. The first-order valence-electron chi connectivity index (χ1n) is 5.41. The van der Waals surface area contributed by atoms with Gasteiger partial charge in [0, 0.05) is 18.0 Å². The van der Waals surface area contributed by atoms with E-state index in [9.17, 15) is 10.1 Å². The van der Waals surface area contributed by atoms with Crippen LogP contribution in [0.2, 0.25) is 10.3 Å². The van der Waals surface area contributed by atoms with E-state index in [4.69, 9.17) is 28.9 Å². The number of anilines is 1. The average Bonchev–Trinajstić information content (AvgIpc) is 2.44. The second kappa shape index (κ2) is 6.70. The Morgan fingerprint density at radius 2 is 1.95 bits per heavy atom. The Kier molecular flexibility index (Phi) is 4.94. The SMILES string of the molecule is Nc1nc(Cl)c(Cl)nc1C=NSc1ccccc1[N+](=O)[O-]. The standard InChI is InChI=1S/C11H7Cl2N5O2S/c12-9-10(13)17-11(14)6(16-9)5-15-21-8-4-2-1-3-7(8)18(19)20/h1-5H,(H2,14,17). The topological polar surface area (TPSA) is 107 Å². The van der Waals surface area contributed by atoms with E-state index < -0.39 is 4.92 Å². The Morgan fingerprint density at radius 1 is 1.29 bits per heavy atom. The normalized spacial score (nSPS) is 11.0. The van der Waals surface area contributed by atoms with E-state index in [0.717, 1.165) is 11.9 Å². The minimum atomic E-state index is -0.481. The highest BCUT2D eigenvalue weighted by Crippen LogP contribution is 2.29. The maximum atomic E-state index is 10.9. The van der Waals surface area contributed by atoms with Crippen molar-refractivity contribution in [3.8, 4) is 0 Å². The van der Waals surface area contributed by atoms with E-state index in [1.165, 1.54) is 12.3 Å². The van der Waals surface area contributed by atoms with Crippen LogP contribution in [0.3, 0.4) is 0 Å². The molecule has 108 valence electrons. The maximum Gasteiger partial charge on any atom is 0.284 e. The molecule has 2 N–H and O–H groups in total. The molecule has 1 heterocycles. The molecule has 2 rings (SSSR count). The Bertz CT molecular complexity index is 726. The number of hydrogen-bond donors (Lipinski definition) is 1. The van der Waals surface area contributed by atoms with Crippen LogP contribution in [0.4, 0.5) is 11.5 Å². The number of aromatic nitrogens is 2. The third kappa shape index (κ3) is 3.81. The molecule has 0 aliphatic rings. The van der Waals surface area contributed by atoms with Crippen molar-refractivity contribution in [1.29, 1.82) is 0 Å². The van der Waals surface area contributed by atoms with Crippen LogP contribution in [-0.4, -0.2) is 21.1 Å². The smallest absolute Gasteiger partial charge is 0.284 e. The first-order valence-corrected chi connectivity index (χ1v) is 6.94. The van der Waals surface area contributed by atoms with E-state index >= 15 is 0 Å². The number of para-hydroxylation sites is 1. The number of nitrogens with zero attached hydrogens (tertiary/aromatic N) is 4. The molecule has 0 aliphatic carbocycles. The Balaban J connectivity index is 2.21. The van der Waals surface area contributed by atoms with Gasteiger partial charge >= 0.3 is 0 Å². The molecule has 0 saturated heterocycles. The number of nitrogens with two attached hydrogens (primary N) is 1. The molecule has 0 saturated carbocycles. The number of rotatable bonds is 4. The van der Waals surface area contributed by atoms with E-state index in [2.05, 4.69) is 14.4 Å². The van der Waals surface area contributed by atoms with Crippen LogP contribution in [0.25, 0.3) is 0 Å². The molecule has 1 aromatic heterocycles. The van der Waals surface area contributed by atoms with Crippen LogP contribution in [0.5, 0.6) is 0 Å². The summed E-state index contributed by atoms with van der Waals surface area (Å²) in [7, 11) is 0. The summed E-state index contributed by atoms with van der Waals surface area (Å²) >= 11 is 12.3. The predicted octanol–water partition coefficient (Wildman–Crippen LogP) is 3.40. The molecular formula is C11H7Cl2N5O2S. The summed E-state index contributed by atoms with van der Waals surface area (Å²) in [6.07, 6.45) is 1.31. The molecule has 0 aliphatic heterocycles. The van der Waals surface area contributed by atoms with Crippen LogP contribution in [0, 0.1) is 10.1 Å². The molecule has 1 aromatic carbocycles. The monoisotopic (exact) mass is 343 g/mol. The summed E-state index contributed by atoms with van der Waals surface area (Å²) in [6, 6.07) is 6.24. The minimum absolute atomic E-state index is 0.00216. The van der Waals surface area contributed by atoms with Gasteiger partial charge in [0.2, 0.25) is 0 Å². The first-order chi connectivity index (χ1) is 9.99. The predicted molar refractivity (Wildman–Crippen MR) is 83.0 cm³/mol. The van der Waals surface area contributed by atoms with Crippen LogP contribution in [0.1, 0.15) is 5.69 Å². The highest BCUT2D eigenvalue weighted by molar-refractivity contribution is 7.98. The van der Waals surface area contributed by atoms with Gasteiger partial charge in [-0.1, -0.05) is 35.3 Å². The van der Waals surface area contributed by atoms with Gasteiger partial charge in [0.25, 0.3) is 5.69 Å². The van der Waals surface area contributed by atoms with Gasteiger partial charge < -0.3 is 5.73 Å². The van der Waals surface area contributed by atoms with Crippen molar-refractivity contribution in [3.63, 3.8) is 0 Å². The van der Waals surface area contributed by atoms with E-state index in [0.29, 0.717) is 4.90 Å². The average molecular weight is 344 g/mol. The quantitative estimate of drug-likeness (QED) is 0.394. The fraction of sp³-hybridized carbons (Fsp3) is 0. The molecule has 0 radical (unpaired) electrons. The van der Waals surface area contributed by atoms with Gasteiger partial charge in [0.05, 0.1) is 11.1 Å². The van der Waals surface area contributed by atoms with Crippen molar-refractivity contribution in [2.75, 3.05) is 5.73 Å². The Labute approximate surface area is 133 Å². The first kappa shape index (κ1) is 15.5. The summed E-state index contributed by atoms with van der Waals surface area (Å²) in [5.74, 6) is 0.0660. The highest BCUT2D eigenvalue weighted by atomic mass is 35.5. The lowest BCUT2D eigenvalue weighted by Crippen LogP contribution is -2.01. The summed E-state index contributed by atoms with van der Waals surface area (Å²) in [4.78, 5) is 18.5. The van der Waals surface area contributed by atoms with Gasteiger partial charge in [-0.05, 0) is 6.07 Å². The molecule has 0 fully saturated rings. The van der Waals surface area contributed by atoms with Gasteiger partial charge in [-0.3, -0.25) is 10.1 Å². The molecule has 0 unspecified atom stereocenters. The minimum Gasteiger partial charge on any atom is -0.382 e. The molecule has 0 bridgehead atoms. The molecule has 0 spiro atoms. The summed E-state index contributed by atoms with van der Waals surface area (Å²) in [6.45, 7) is 0. The molecular weight excluding hydrogens is 337 g/mol. The molecule has 2 aromatic rings. The zero-order chi connectivity index (χ0) is 15.4. The Hall–Kier alpha value is -1.90. The number of benzene rings is 1. The summed E-state index contributed by atoms with van der Waals surface area (Å²) < 4.78 is 3.99. The van der Waals surface area contributed by atoms with Crippen LogP contribution in [0.15, 0.2) is 33.6 Å². The zero-order valence-corrected chi connectivity index (χ0v) is 12.6. The third-order valence-electron chi connectivity index (χ3n) is 2.26. The number of hydrogen-bond acceptors (Lipinski definition) is 7. The highest BCUT2D eigenvalue weighted by Gasteiger charge is 2.12. The summed E-state index contributed by atoms with van der Waals surface area (Å²) in [5.41, 5.74) is 5.82. The van der Waals surface area contributed by atoms with Crippen LogP contribution < -0.4 is 5.73 Å². The largest absolute Gasteiger partial charge is 0.382 e. The van der Waals surface area contributed by atoms with Crippen molar-refractivity contribution in [1.82, 2.24) is 9.97 Å². The second-order valence-corrected chi connectivity index (χ2v) is 5.18. The van der Waals surface area contributed by atoms with Crippen molar-refractivity contribution in [2.45, 2.75) is 4.90 Å². The van der Waals surface area contributed by atoms with Crippen molar-refractivity contribution < 1.29 is 4.92 Å². The van der Waals surface area contributed by atoms with Crippen LogP contribution >= 0.6 is 35.1 Å². The van der Waals surface area contributed by atoms with E-state index in [-0.39, 0.29) is 27.5 Å². The third-order valence-corrected chi connectivity index (χ3v) is 3.63. The lowest BCUT2D eigenvalue weighted by atomic mass is 10.3. The molecule has 21 heavy (non-hydrogen) atoms. The lowest BCUT2D eigenvalue weighted by molar-refractivity contribution is -0.387. The van der Waals surface area contributed by atoms with E-state index in [1.807, 2.05) is 0 Å². The number of nitro groups is 1. The fourth-order valence-corrected chi connectivity index (χ4v) is 2.24. The zero-order valence-electron chi connectivity index (χ0n) is 10.2. The van der Waals surface area contributed by atoms with Gasteiger partial charge in [-0.2, -0.15) is 0 Å². The molecule has 0 amide bonds. The van der Waals surface area contributed by atoms with Gasteiger partial charge in [-0.15, -0.1) is 0 Å². The number of nitrogen functional groups attached to an aromatic ring is 1. The van der Waals surface area contributed by atoms with Crippen molar-refractivity contribution >= 4 is 52.9 Å². The number of halogens is 2. The molecule has 7 nitrogen and oxygen atoms in total. The van der Waals surface area contributed by atoms with Crippen molar-refractivity contribution in [2.24, 2.45) is 4.40 Å². The van der Waals surface area contributed by atoms with E-state index in [1.54, 1.807) is 18.2 Å². The summed E-state index contributed by atoms with van der Waals surface area (Å²) in [5, 5.41) is 10.9. The second-order valence-electron chi connectivity index (χ2n) is 3.63.